The Bertz CT molecular complexity index is 1810. The maximum absolute atomic E-state index is 13.0. The number of pyridine rings is 1. The van der Waals surface area contributed by atoms with Crippen molar-refractivity contribution in [3.63, 3.8) is 0 Å². The van der Waals surface area contributed by atoms with Crippen LogP contribution >= 0.6 is 11.3 Å². The van der Waals surface area contributed by atoms with Crippen molar-refractivity contribution in [1.29, 1.82) is 0 Å². The first-order valence-corrected chi connectivity index (χ1v) is 16.2. The average molecular weight is 614 g/mol. The average Bonchev–Trinajstić information content (AvgIpc) is 3.49. The van der Waals surface area contributed by atoms with Gasteiger partial charge < -0.3 is 15.0 Å². The van der Waals surface area contributed by atoms with Gasteiger partial charge >= 0.3 is 0 Å². The molecule has 12 heteroatoms. The van der Waals surface area contributed by atoms with Crippen molar-refractivity contribution in [2.24, 2.45) is 0 Å². The van der Waals surface area contributed by atoms with Crippen LogP contribution in [0, 0.1) is 0 Å². The van der Waals surface area contributed by atoms with E-state index in [2.05, 4.69) is 38.8 Å². The Labute approximate surface area is 254 Å². The molecule has 220 valence electrons. The third-order valence-corrected chi connectivity index (χ3v) is 9.58. The number of sulfonamides is 1. The van der Waals surface area contributed by atoms with E-state index in [9.17, 15) is 8.42 Å². The molecular weight excluding hydrogens is 583 g/mol. The van der Waals surface area contributed by atoms with Gasteiger partial charge in [-0.25, -0.2) is 28.4 Å². The van der Waals surface area contributed by atoms with Crippen LogP contribution in [0.15, 0.2) is 90.1 Å². The number of thiazole rings is 1. The maximum Gasteiger partial charge on any atom is 0.261 e. The summed E-state index contributed by atoms with van der Waals surface area (Å²) in [5, 5.41) is 4.22. The van der Waals surface area contributed by atoms with Crippen molar-refractivity contribution in [2.45, 2.75) is 24.7 Å². The molecule has 0 radical (unpaired) electrons. The van der Waals surface area contributed by atoms with Crippen molar-refractivity contribution >= 4 is 44.5 Å². The Hall–Kier alpha value is -4.39. The van der Waals surface area contributed by atoms with E-state index in [0.717, 1.165) is 45.7 Å². The summed E-state index contributed by atoms with van der Waals surface area (Å²) in [4.78, 5) is 22.1. The van der Waals surface area contributed by atoms with Crippen LogP contribution in [0.1, 0.15) is 24.8 Å². The Morgan fingerprint density at radius 3 is 2.47 bits per heavy atom. The number of benzene rings is 2. The second-order valence-electron chi connectivity index (χ2n) is 10.3. The molecule has 43 heavy (non-hydrogen) atoms. The number of ether oxygens (including phenoxy) is 1. The highest BCUT2D eigenvalue weighted by molar-refractivity contribution is 7.92. The monoisotopic (exact) mass is 613 g/mol. The summed E-state index contributed by atoms with van der Waals surface area (Å²) in [7, 11) is -3.74. The van der Waals surface area contributed by atoms with Crippen LogP contribution in [0.4, 0.5) is 23.1 Å². The zero-order valence-corrected chi connectivity index (χ0v) is 25.4. The van der Waals surface area contributed by atoms with Crippen LogP contribution < -0.4 is 14.9 Å². The van der Waals surface area contributed by atoms with E-state index >= 15 is 0 Å². The fraction of sp³-hybridized carbons (Fsp3) is 0.226. The number of hydrogen-bond acceptors (Lipinski definition) is 10. The first-order chi connectivity index (χ1) is 20.9. The number of hydrogen-bond donors (Lipinski definition) is 2. The standard InChI is InChI=1S/C31H31N7O3S2/c1-21(2)30-36-28(22-7-6-8-23(19-22)37-43(39,40)25-9-4-3-5-10-25)29(42-30)26-13-14-32-31(35-26)34-24-11-12-27(33-20-24)38-15-17-41-18-16-38/h3-14,19-21,37H,15-18H2,1-2H3,(H,32,34,35). The van der Waals surface area contributed by atoms with Crippen molar-refractivity contribution in [3.8, 4) is 21.8 Å². The molecule has 0 unspecified atom stereocenters. The van der Waals surface area contributed by atoms with Gasteiger partial charge in [-0.3, -0.25) is 4.72 Å². The highest BCUT2D eigenvalue weighted by Gasteiger charge is 2.20. The van der Waals surface area contributed by atoms with Crippen molar-refractivity contribution in [3.05, 3.63) is 90.2 Å². The van der Waals surface area contributed by atoms with Gasteiger partial charge in [0, 0.05) is 36.5 Å². The smallest absolute Gasteiger partial charge is 0.261 e. The van der Waals surface area contributed by atoms with Gasteiger partial charge in [-0.2, -0.15) is 0 Å². The van der Waals surface area contributed by atoms with E-state index in [-0.39, 0.29) is 10.8 Å². The van der Waals surface area contributed by atoms with Crippen LogP contribution in [0.25, 0.3) is 21.8 Å². The van der Waals surface area contributed by atoms with Crippen LogP contribution in [-0.2, 0) is 14.8 Å². The van der Waals surface area contributed by atoms with Gasteiger partial charge in [-0.15, -0.1) is 11.3 Å². The molecule has 1 saturated heterocycles. The molecule has 6 rings (SSSR count). The molecule has 0 aliphatic carbocycles. The van der Waals surface area contributed by atoms with Crippen LogP contribution in [0.3, 0.4) is 0 Å². The number of aromatic nitrogens is 4. The SMILES string of the molecule is CC(C)c1nc(-c2cccc(NS(=O)(=O)c3ccccc3)c2)c(-c2ccnc(Nc3ccc(N4CCOCC4)nc3)n2)s1. The largest absolute Gasteiger partial charge is 0.378 e. The molecule has 2 N–H and O–H groups in total. The second kappa shape index (κ2) is 12.5. The number of morpholine rings is 1. The van der Waals surface area contributed by atoms with E-state index < -0.39 is 10.0 Å². The Kier molecular flexibility index (Phi) is 8.32. The lowest BCUT2D eigenvalue weighted by atomic mass is 10.1. The fourth-order valence-electron chi connectivity index (χ4n) is 4.61. The third kappa shape index (κ3) is 6.66. The summed E-state index contributed by atoms with van der Waals surface area (Å²) in [6.45, 7) is 7.24. The van der Waals surface area contributed by atoms with Crippen LogP contribution in [-0.4, -0.2) is 54.7 Å². The lowest BCUT2D eigenvalue weighted by Crippen LogP contribution is -2.36. The minimum Gasteiger partial charge on any atom is -0.378 e. The maximum atomic E-state index is 13.0. The van der Waals surface area contributed by atoms with Crippen molar-refractivity contribution in [1.82, 2.24) is 19.9 Å². The van der Waals surface area contributed by atoms with E-state index in [1.807, 2.05) is 30.3 Å². The van der Waals surface area contributed by atoms with Gasteiger partial charge in [0.05, 0.1) is 51.3 Å². The molecule has 0 spiro atoms. The van der Waals surface area contributed by atoms with Gasteiger partial charge in [0.25, 0.3) is 10.0 Å². The summed E-state index contributed by atoms with van der Waals surface area (Å²) in [5.74, 6) is 1.55. The van der Waals surface area contributed by atoms with Gasteiger partial charge in [0.2, 0.25) is 5.95 Å². The number of rotatable bonds is 9. The molecule has 0 amide bonds. The van der Waals surface area contributed by atoms with Crippen molar-refractivity contribution in [2.75, 3.05) is 41.2 Å². The molecule has 5 aromatic rings. The summed E-state index contributed by atoms with van der Waals surface area (Å²) in [5.41, 5.74) is 3.45. The third-order valence-electron chi connectivity index (χ3n) is 6.81. The Balaban J connectivity index is 1.27. The minimum absolute atomic E-state index is 0.198. The van der Waals surface area contributed by atoms with Gasteiger partial charge in [0.15, 0.2) is 0 Å². The quantitative estimate of drug-likeness (QED) is 0.201. The normalized spacial score (nSPS) is 13.7. The number of anilines is 4. The molecule has 0 atom stereocenters. The number of nitrogens with zero attached hydrogens (tertiary/aromatic N) is 5. The van der Waals surface area contributed by atoms with E-state index in [4.69, 9.17) is 14.7 Å². The predicted molar refractivity (Wildman–Crippen MR) is 170 cm³/mol. The molecule has 2 aromatic carbocycles. The zero-order chi connectivity index (χ0) is 29.8. The fourth-order valence-corrected chi connectivity index (χ4v) is 6.74. The minimum atomic E-state index is -3.74. The predicted octanol–water partition coefficient (Wildman–Crippen LogP) is 6.17. The Morgan fingerprint density at radius 1 is 0.907 bits per heavy atom. The molecule has 0 saturated carbocycles. The molecule has 10 nitrogen and oxygen atoms in total. The summed E-state index contributed by atoms with van der Waals surface area (Å²) in [6.07, 6.45) is 3.49. The lowest BCUT2D eigenvalue weighted by molar-refractivity contribution is 0.122. The van der Waals surface area contributed by atoms with E-state index in [0.29, 0.717) is 30.5 Å². The highest BCUT2D eigenvalue weighted by Crippen LogP contribution is 2.39. The van der Waals surface area contributed by atoms with Gasteiger partial charge in [0.1, 0.15) is 5.82 Å². The number of nitrogens with one attached hydrogen (secondary N) is 2. The zero-order valence-electron chi connectivity index (χ0n) is 23.8. The highest BCUT2D eigenvalue weighted by atomic mass is 32.2. The summed E-state index contributed by atoms with van der Waals surface area (Å²) >= 11 is 1.57. The van der Waals surface area contributed by atoms with Gasteiger partial charge in [-0.1, -0.05) is 44.2 Å². The molecule has 3 aromatic heterocycles. The first-order valence-electron chi connectivity index (χ1n) is 13.9. The van der Waals surface area contributed by atoms with E-state index in [1.54, 1.807) is 66.2 Å². The lowest BCUT2D eigenvalue weighted by Gasteiger charge is -2.27. The summed E-state index contributed by atoms with van der Waals surface area (Å²) in [6, 6.07) is 21.4. The topological polar surface area (TPSA) is 122 Å². The van der Waals surface area contributed by atoms with Gasteiger partial charge in [-0.05, 0) is 42.5 Å². The molecule has 1 aliphatic heterocycles. The van der Waals surface area contributed by atoms with Crippen LogP contribution in [0.5, 0.6) is 0 Å². The molecule has 1 aliphatic rings. The molecule has 1 fully saturated rings. The first kappa shape index (κ1) is 28.7. The van der Waals surface area contributed by atoms with E-state index in [1.165, 1.54) is 0 Å². The summed E-state index contributed by atoms with van der Waals surface area (Å²) < 4.78 is 34.0. The van der Waals surface area contributed by atoms with Crippen LogP contribution in [0.2, 0.25) is 0 Å². The molecule has 4 heterocycles. The Morgan fingerprint density at radius 2 is 1.72 bits per heavy atom. The molecule has 0 bridgehead atoms. The van der Waals surface area contributed by atoms with Crippen molar-refractivity contribution < 1.29 is 13.2 Å². The second-order valence-corrected chi connectivity index (χ2v) is 13.0. The molecular formula is C31H31N7O3S2.